The van der Waals surface area contributed by atoms with Crippen molar-refractivity contribution in [3.8, 4) is 5.69 Å². The molecular weight excluding hydrogens is 442 g/mol. The highest BCUT2D eigenvalue weighted by atomic mass is 19.1. The van der Waals surface area contributed by atoms with Crippen LogP contribution in [-0.4, -0.2) is 38.6 Å². The first kappa shape index (κ1) is 21.7. The van der Waals surface area contributed by atoms with Gasteiger partial charge in [-0.05, 0) is 42.7 Å². The minimum absolute atomic E-state index is 0.158. The monoisotopic (exact) mass is 464 g/mol. The minimum Gasteiger partial charge on any atom is -0.369 e. The van der Waals surface area contributed by atoms with E-state index in [1.807, 2.05) is 19.3 Å². The molecule has 0 radical (unpaired) electrons. The molecule has 1 saturated heterocycles. The normalized spacial score (nSPS) is 15.8. The molecule has 1 atom stereocenters. The van der Waals surface area contributed by atoms with E-state index in [9.17, 15) is 18.4 Å². The second kappa shape index (κ2) is 8.36. The van der Waals surface area contributed by atoms with Crippen LogP contribution >= 0.6 is 0 Å². The van der Waals surface area contributed by atoms with Crippen LogP contribution in [0.1, 0.15) is 23.8 Å². The SMILES string of the molecule is C[C@H]1CCN(c2c(NC(=O)c3ccc(=O)n(-c4c(F)cccc4F)n3)ccc3nn(C)cc23)C1. The number of anilines is 2. The Morgan fingerprint density at radius 1 is 1.06 bits per heavy atom. The molecule has 8 nitrogen and oxygen atoms in total. The maximum absolute atomic E-state index is 14.2. The molecule has 0 bridgehead atoms. The van der Waals surface area contributed by atoms with E-state index in [0.717, 1.165) is 54.3 Å². The van der Waals surface area contributed by atoms with Gasteiger partial charge >= 0.3 is 0 Å². The number of carbonyl (C=O) groups excluding carboxylic acids is 1. The van der Waals surface area contributed by atoms with Crippen molar-refractivity contribution in [2.45, 2.75) is 13.3 Å². The van der Waals surface area contributed by atoms with E-state index in [1.165, 1.54) is 12.1 Å². The molecule has 0 spiro atoms. The second-order valence-electron chi connectivity index (χ2n) is 8.53. The molecule has 3 heterocycles. The van der Waals surface area contributed by atoms with Gasteiger partial charge in [0.15, 0.2) is 11.6 Å². The van der Waals surface area contributed by atoms with Crippen LogP contribution in [0, 0.1) is 17.6 Å². The molecule has 0 saturated carbocycles. The maximum atomic E-state index is 14.2. The summed E-state index contributed by atoms with van der Waals surface area (Å²) >= 11 is 0. The summed E-state index contributed by atoms with van der Waals surface area (Å²) in [4.78, 5) is 27.6. The van der Waals surface area contributed by atoms with Gasteiger partial charge in [0, 0.05) is 37.8 Å². The Bertz CT molecular complexity index is 1460. The highest BCUT2D eigenvalue weighted by molar-refractivity contribution is 6.08. The Balaban J connectivity index is 1.54. The summed E-state index contributed by atoms with van der Waals surface area (Å²) in [6.07, 6.45) is 2.94. The molecular formula is C24H22F2N6O2. The van der Waals surface area contributed by atoms with Crippen molar-refractivity contribution in [3.63, 3.8) is 0 Å². The first-order valence-corrected chi connectivity index (χ1v) is 10.9. The molecule has 1 fully saturated rings. The fourth-order valence-electron chi connectivity index (χ4n) is 4.35. The number of halogens is 2. The number of fused-ring (bicyclic) bond motifs is 1. The van der Waals surface area contributed by atoms with Crippen LogP contribution in [0.5, 0.6) is 0 Å². The lowest BCUT2D eigenvalue weighted by atomic mass is 10.1. The second-order valence-corrected chi connectivity index (χ2v) is 8.53. The lowest BCUT2D eigenvalue weighted by Gasteiger charge is -2.23. The first-order valence-electron chi connectivity index (χ1n) is 10.9. The van der Waals surface area contributed by atoms with E-state index in [1.54, 1.807) is 10.7 Å². The molecule has 2 aromatic carbocycles. The standard InChI is InChI=1S/C24H22F2N6O2/c1-14-10-11-31(12-14)22-15-13-30(2)28-18(15)6-7-19(22)27-24(34)20-8-9-21(33)32(29-20)23-16(25)4-3-5-17(23)26/h3-9,13-14H,10-12H2,1-2H3,(H,27,34)/t14-/m0/s1. The summed E-state index contributed by atoms with van der Waals surface area (Å²) in [7, 11) is 1.84. The van der Waals surface area contributed by atoms with E-state index in [-0.39, 0.29) is 5.69 Å². The number of hydrogen-bond acceptors (Lipinski definition) is 5. The number of benzene rings is 2. The van der Waals surface area contributed by atoms with Crippen molar-refractivity contribution in [2.24, 2.45) is 13.0 Å². The Morgan fingerprint density at radius 2 is 1.82 bits per heavy atom. The maximum Gasteiger partial charge on any atom is 0.276 e. The van der Waals surface area contributed by atoms with Gasteiger partial charge in [-0.25, -0.2) is 8.78 Å². The predicted octanol–water partition coefficient (Wildman–Crippen LogP) is 3.50. The zero-order valence-corrected chi connectivity index (χ0v) is 18.6. The number of hydrogen-bond donors (Lipinski definition) is 1. The highest BCUT2D eigenvalue weighted by Crippen LogP contribution is 2.37. The van der Waals surface area contributed by atoms with Gasteiger partial charge in [0.05, 0.1) is 16.9 Å². The van der Waals surface area contributed by atoms with Crippen LogP contribution < -0.4 is 15.8 Å². The van der Waals surface area contributed by atoms with E-state index in [0.29, 0.717) is 16.3 Å². The number of carbonyl (C=O) groups is 1. The zero-order valence-electron chi connectivity index (χ0n) is 18.6. The van der Waals surface area contributed by atoms with Crippen molar-refractivity contribution in [1.82, 2.24) is 19.6 Å². The Morgan fingerprint density at radius 3 is 2.53 bits per heavy atom. The van der Waals surface area contributed by atoms with Crippen molar-refractivity contribution >= 4 is 28.2 Å². The fourth-order valence-corrected chi connectivity index (χ4v) is 4.35. The minimum atomic E-state index is -0.959. The van der Waals surface area contributed by atoms with Gasteiger partial charge in [-0.1, -0.05) is 13.0 Å². The average molecular weight is 464 g/mol. The number of aromatic nitrogens is 4. The fraction of sp³-hybridized carbons (Fsp3) is 0.250. The smallest absolute Gasteiger partial charge is 0.276 e. The Labute approximate surface area is 193 Å². The van der Waals surface area contributed by atoms with Crippen LogP contribution in [0.2, 0.25) is 0 Å². The molecule has 5 rings (SSSR count). The number of nitrogens with zero attached hydrogens (tertiary/aromatic N) is 5. The van der Waals surface area contributed by atoms with Crippen LogP contribution in [0.4, 0.5) is 20.2 Å². The van der Waals surface area contributed by atoms with Gasteiger partial charge in [-0.15, -0.1) is 0 Å². The van der Waals surface area contributed by atoms with Crippen LogP contribution in [0.15, 0.2) is 53.5 Å². The van der Waals surface area contributed by atoms with Crippen molar-refractivity contribution < 1.29 is 13.6 Å². The molecule has 10 heteroatoms. The van der Waals surface area contributed by atoms with Crippen molar-refractivity contribution in [3.05, 3.63) is 76.3 Å². The van der Waals surface area contributed by atoms with Crippen LogP contribution in [0.3, 0.4) is 0 Å². The third-order valence-electron chi connectivity index (χ3n) is 5.95. The van der Waals surface area contributed by atoms with Crippen molar-refractivity contribution in [1.29, 1.82) is 0 Å². The summed E-state index contributed by atoms with van der Waals surface area (Å²) in [6, 6.07) is 9.10. The first-order chi connectivity index (χ1) is 16.3. The Kier molecular flexibility index (Phi) is 5.35. The van der Waals surface area contributed by atoms with E-state index < -0.39 is 28.8 Å². The van der Waals surface area contributed by atoms with Crippen LogP contribution in [0.25, 0.3) is 16.6 Å². The molecule has 0 aliphatic carbocycles. The molecule has 34 heavy (non-hydrogen) atoms. The van der Waals surface area contributed by atoms with Crippen molar-refractivity contribution in [2.75, 3.05) is 23.3 Å². The van der Waals surface area contributed by atoms with E-state index in [2.05, 4.69) is 27.3 Å². The van der Waals surface area contributed by atoms with Gasteiger partial charge in [-0.3, -0.25) is 14.3 Å². The third kappa shape index (κ3) is 3.81. The van der Waals surface area contributed by atoms with Gasteiger partial charge in [0.1, 0.15) is 11.4 Å². The molecule has 0 unspecified atom stereocenters. The summed E-state index contributed by atoms with van der Waals surface area (Å²) in [6.45, 7) is 3.86. The number of amides is 1. The molecule has 2 aromatic heterocycles. The Hall–Kier alpha value is -4.08. The molecule has 1 aliphatic rings. The highest BCUT2D eigenvalue weighted by Gasteiger charge is 2.25. The van der Waals surface area contributed by atoms with E-state index >= 15 is 0 Å². The molecule has 174 valence electrons. The molecule has 1 N–H and O–H groups in total. The number of nitrogens with one attached hydrogen (secondary N) is 1. The topological polar surface area (TPSA) is 85.1 Å². The summed E-state index contributed by atoms with van der Waals surface area (Å²) in [5.74, 6) is -2.02. The molecule has 4 aromatic rings. The number of rotatable bonds is 4. The van der Waals surface area contributed by atoms with Crippen LogP contribution in [-0.2, 0) is 7.05 Å². The largest absolute Gasteiger partial charge is 0.369 e. The average Bonchev–Trinajstić information content (AvgIpc) is 3.39. The number of para-hydroxylation sites is 1. The summed E-state index contributed by atoms with van der Waals surface area (Å²) < 4.78 is 30.8. The van der Waals surface area contributed by atoms with Gasteiger partial charge < -0.3 is 10.2 Å². The predicted molar refractivity (Wildman–Crippen MR) is 124 cm³/mol. The van der Waals surface area contributed by atoms with Gasteiger partial charge in [-0.2, -0.15) is 14.9 Å². The van der Waals surface area contributed by atoms with Gasteiger partial charge in [0.2, 0.25) is 0 Å². The molecule has 1 aliphatic heterocycles. The summed E-state index contributed by atoms with van der Waals surface area (Å²) in [5, 5.41) is 12.2. The van der Waals surface area contributed by atoms with E-state index in [4.69, 9.17) is 0 Å². The molecule has 1 amide bonds. The summed E-state index contributed by atoms with van der Waals surface area (Å²) in [5.41, 5.74) is 0.675. The lowest BCUT2D eigenvalue weighted by molar-refractivity contribution is 0.102. The zero-order chi connectivity index (χ0) is 24.0. The lowest BCUT2D eigenvalue weighted by Crippen LogP contribution is -2.27. The quantitative estimate of drug-likeness (QED) is 0.500. The third-order valence-corrected chi connectivity index (χ3v) is 5.95. The number of aryl methyl sites for hydroxylation is 1. The van der Waals surface area contributed by atoms with Gasteiger partial charge in [0.25, 0.3) is 11.5 Å².